The van der Waals surface area contributed by atoms with Gasteiger partial charge in [0.15, 0.2) is 11.5 Å². The van der Waals surface area contributed by atoms with E-state index in [0.717, 1.165) is 6.42 Å². The van der Waals surface area contributed by atoms with Crippen molar-refractivity contribution >= 4 is 21.4 Å². The highest BCUT2D eigenvalue weighted by Crippen LogP contribution is 2.37. The van der Waals surface area contributed by atoms with Crippen LogP contribution in [0.15, 0.2) is 12.1 Å². The number of anilines is 2. The van der Waals surface area contributed by atoms with E-state index in [1.165, 1.54) is 0 Å². The number of hydrogen-bond acceptors (Lipinski definition) is 5. The van der Waals surface area contributed by atoms with E-state index in [1.807, 2.05) is 13.8 Å². The molecule has 0 amide bonds. The average molecular weight is 300 g/mol. The highest BCUT2D eigenvalue weighted by atomic mass is 32.2. The second kappa shape index (κ2) is 5.78. The minimum absolute atomic E-state index is 0.0362. The summed E-state index contributed by atoms with van der Waals surface area (Å²) in [5.74, 6) is 1.14. The molecule has 1 aromatic carbocycles. The van der Waals surface area contributed by atoms with Crippen molar-refractivity contribution in [3.8, 4) is 11.5 Å². The van der Waals surface area contributed by atoms with Crippen LogP contribution in [0.1, 0.15) is 20.3 Å². The van der Waals surface area contributed by atoms with Crippen molar-refractivity contribution < 1.29 is 17.9 Å². The van der Waals surface area contributed by atoms with Crippen LogP contribution in [-0.2, 0) is 10.0 Å². The maximum atomic E-state index is 12.0. The quantitative estimate of drug-likeness (QED) is 0.828. The van der Waals surface area contributed by atoms with Crippen LogP contribution < -0.4 is 19.9 Å². The summed E-state index contributed by atoms with van der Waals surface area (Å²) in [5.41, 5.74) is 6.52. The molecule has 2 rings (SSSR count). The fraction of sp³-hybridized carbons (Fsp3) is 0.538. The van der Waals surface area contributed by atoms with Gasteiger partial charge in [0.05, 0.1) is 30.3 Å². The molecule has 3 N–H and O–H groups in total. The Kier molecular flexibility index (Phi) is 4.27. The largest absolute Gasteiger partial charge is 0.489 e. The Balaban J connectivity index is 2.27. The Labute approximate surface area is 119 Å². The van der Waals surface area contributed by atoms with E-state index in [9.17, 15) is 8.42 Å². The third kappa shape index (κ3) is 3.69. The smallest absolute Gasteiger partial charge is 0.233 e. The summed E-state index contributed by atoms with van der Waals surface area (Å²) in [6.07, 6.45) is 0.781. The van der Waals surface area contributed by atoms with E-state index in [1.54, 1.807) is 12.1 Å². The molecule has 0 saturated heterocycles. The summed E-state index contributed by atoms with van der Waals surface area (Å²) in [6, 6.07) is 3.17. The third-order valence-corrected chi connectivity index (χ3v) is 4.37. The molecule has 0 aliphatic carbocycles. The van der Waals surface area contributed by atoms with Gasteiger partial charge >= 0.3 is 0 Å². The fourth-order valence-electron chi connectivity index (χ4n) is 1.96. The number of nitrogens with two attached hydrogens (primary N) is 1. The molecule has 0 atom stereocenters. The minimum atomic E-state index is -3.42. The number of rotatable bonds is 4. The lowest BCUT2D eigenvalue weighted by molar-refractivity contribution is 0.297. The summed E-state index contributed by atoms with van der Waals surface area (Å²) in [5, 5.41) is 0. The molecule has 112 valence electrons. The van der Waals surface area contributed by atoms with Crippen molar-refractivity contribution in [1.82, 2.24) is 0 Å². The zero-order valence-electron chi connectivity index (χ0n) is 11.7. The number of nitrogen functional groups attached to an aromatic ring is 1. The number of hydrogen-bond donors (Lipinski definition) is 2. The molecule has 20 heavy (non-hydrogen) atoms. The lowest BCUT2D eigenvalue weighted by Crippen LogP contribution is -2.20. The Hall–Kier alpha value is -1.63. The predicted octanol–water partition coefficient (Wildman–Crippen LogP) is 1.83. The van der Waals surface area contributed by atoms with Crippen LogP contribution in [0.5, 0.6) is 11.5 Å². The summed E-state index contributed by atoms with van der Waals surface area (Å²) in [7, 11) is -3.42. The first-order chi connectivity index (χ1) is 9.37. The van der Waals surface area contributed by atoms with E-state index in [2.05, 4.69) is 4.72 Å². The molecule has 1 aliphatic rings. The van der Waals surface area contributed by atoms with Crippen LogP contribution in [0, 0.1) is 5.92 Å². The highest BCUT2D eigenvalue weighted by molar-refractivity contribution is 7.92. The summed E-state index contributed by atoms with van der Waals surface area (Å²) < 4.78 is 37.4. The molecule has 0 fully saturated rings. The number of nitrogens with one attached hydrogen (secondary N) is 1. The van der Waals surface area contributed by atoms with E-state index in [4.69, 9.17) is 15.2 Å². The second-order valence-corrected chi connectivity index (χ2v) is 6.98. The lowest BCUT2D eigenvalue weighted by Gasteiger charge is -2.15. The molecule has 1 aromatic rings. The van der Waals surface area contributed by atoms with Gasteiger partial charge in [0.2, 0.25) is 10.0 Å². The molecular formula is C13H20N2O4S. The first-order valence-corrected chi connectivity index (χ1v) is 8.22. The number of sulfonamides is 1. The number of ether oxygens (including phenoxy) is 2. The maximum Gasteiger partial charge on any atom is 0.233 e. The maximum absolute atomic E-state index is 12.0. The normalized spacial score (nSPS) is 14.9. The van der Waals surface area contributed by atoms with E-state index in [0.29, 0.717) is 36.1 Å². The molecule has 0 bridgehead atoms. The van der Waals surface area contributed by atoms with Gasteiger partial charge in [-0.15, -0.1) is 0 Å². The highest BCUT2D eigenvalue weighted by Gasteiger charge is 2.18. The van der Waals surface area contributed by atoms with Crippen molar-refractivity contribution in [2.75, 3.05) is 29.4 Å². The van der Waals surface area contributed by atoms with Crippen LogP contribution in [0.3, 0.4) is 0 Å². The average Bonchev–Trinajstić information content (AvgIpc) is 2.52. The zero-order valence-corrected chi connectivity index (χ0v) is 12.5. The van der Waals surface area contributed by atoms with Gasteiger partial charge in [-0.3, -0.25) is 4.72 Å². The number of benzene rings is 1. The van der Waals surface area contributed by atoms with Crippen molar-refractivity contribution in [3.05, 3.63) is 12.1 Å². The van der Waals surface area contributed by atoms with Gasteiger partial charge in [0, 0.05) is 18.6 Å². The standard InChI is InChI=1S/C13H20N2O4S/c1-9(2)8-20(16,17)15-11-7-13-12(6-10(11)14)18-4-3-5-19-13/h6-7,9,15H,3-5,8,14H2,1-2H3. The van der Waals surface area contributed by atoms with Gasteiger partial charge in [0.1, 0.15) is 0 Å². The topological polar surface area (TPSA) is 90.7 Å². The molecule has 1 aliphatic heterocycles. The third-order valence-electron chi connectivity index (χ3n) is 2.74. The predicted molar refractivity (Wildman–Crippen MR) is 78.7 cm³/mol. The molecule has 0 aromatic heterocycles. The Morgan fingerprint density at radius 1 is 1.25 bits per heavy atom. The van der Waals surface area contributed by atoms with Crippen molar-refractivity contribution in [2.45, 2.75) is 20.3 Å². The first kappa shape index (κ1) is 14.8. The van der Waals surface area contributed by atoms with E-state index >= 15 is 0 Å². The van der Waals surface area contributed by atoms with E-state index in [-0.39, 0.29) is 11.7 Å². The summed E-state index contributed by atoms with van der Waals surface area (Å²) in [6.45, 7) is 4.78. The van der Waals surface area contributed by atoms with Gasteiger partial charge < -0.3 is 15.2 Å². The van der Waals surface area contributed by atoms with Crippen LogP contribution >= 0.6 is 0 Å². The molecular weight excluding hydrogens is 280 g/mol. The minimum Gasteiger partial charge on any atom is -0.489 e. The van der Waals surface area contributed by atoms with Crippen molar-refractivity contribution in [2.24, 2.45) is 5.92 Å². The molecule has 0 spiro atoms. The Morgan fingerprint density at radius 2 is 1.85 bits per heavy atom. The molecule has 0 unspecified atom stereocenters. The summed E-state index contributed by atoms with van der Waals surface area (Å²) in [4.78, 5) is 0. The molecule has 0 saturated carbocycles. The van der Waals surface area contributed by atoms with Gasteiger partial charge in [-0.25, -0.2) is 8.42 Å². The SMILES string of the molecule is CC(C)CS(=O)(=O)Nc1cc2c(cc1N)OCCCO2. The first-order valence-electron chi connectivity index (χ1n) is 6.57. The molecule has 6 nitrogen and oxygen atoms in total. The Bertz CT molecular complexity index is 584. The van der Waals surface area contributed by atoms with Crippen LogP contribution in [0.2, 0.25) is 0 Å². The Morgan fingerprint density at radius 3 is 2.45 bits per heavy atom. The van der Waals surface area contributed by atoms with E-state index < -0.39 is 10.0 Å². The van der Waals surface area contributed by atoms with Crippen LogP contribution in [-0.4, -0.2) is 27.4 Å². The fourth-order valence-corrected chi connectivity index (χ4v) is 3.43. The second-order valence-electron chi connectivity index (χ2n) is 5.21. The van der Waals surface area contributed by atoms with Gasteiger partial charge in [-0.2, -0.15) is 0 Å². The summed E-state index contributed by atoms with van der Waals surface area (Å²) >= 11 is 0. The van der Waals surface area contributed by atoms with Gasteiger partial charge in [0.25, 0.3) is 0 Å². The molecule has 1 heterocycles. The lowest BCUT2D eigenvalue weighted by atomic mass is 10.2. The van der Waals surface area contributed by atoms with Crippen LogP contribution in [0.25, 0.3) is 0 Å². The van der Waals surface area contributed by atoms with Crippen molar-refractivity contribution in [1.29, 1.82) is 0 Å². The monoisotopic (exact) mass is 300 g/mol. The zero-order chi connectivity index (χ0) is 14.8. The van der Waals surface area contributed by atoms with Crippen LogP contribution in [0.4, 0.5) is 11.4 Å². The van der Waals surface area contributed by atoms with Crippen molar-refractivity contribution in [3.63, 3.8) is 0 Å². The number of fused-ring (bicyclic) bond motifs is 1. The van der Waals surface area contributed by atoms with Gasteiger partial charge in [-0.05, 0) is 5.92 Å². The molecule has 7 heteroatoms. The molecule has 0 radical (unpaired) electrons. The van der Waals surface area contributed by atoms with Gasteiger partial charge in [-0.1, -0.05) is 13.8 Å².